The average molecular weight is 383 g/mol. The fourth-order valence-corrected chi connectivity index (χ4v) is 7.75. The molecule has 152 valence electrons. The number of fused-ring (bicyclic) bond motifs is 5. The number of aromatic nitrogens is 2. The van der Waals surface area contributed by atoms with Crippen molar-refractivity contribution in [3.05, 3.63) is 23.5 Å². The van der Waals surface area contributed by atoms with Gasteiger partial charge in [0.15, 0.2) is 5.78 Å². The van der Waals surface area contributed by atoms with E-state index in [1.54, 1.807) is 4.68 Å². The molecule has 5 rings (SSSR count). The zero-order valence-electron chi connectivity index (χ0n) is 17.5. The summed E-state index contributed by atoms with van der Waals surface area (Å²) in [5, 5.41) is 14.5. The van der Waals surface area contributed by atoms with Crippen LogP contribution in [0.4, 0.5) is 0 Å². The van der Waals surface area contributed by atoms with Crippen LogP contribution in [0.25, 0.3) is 6.08 Å². The predicted octanol–water partition coefficient (Wildman–Crippen LogP) is 4.39. The predicted molar refractivity (Wildman–Crippen MR) is 109 cm³/mol. The number of carbonyl (C=O) groups excluding carboxylic acids is 1. The molecule has 7 atom stereocenters. The number of aliphatic hydroxyl groups excluding tert-OH is 1. The highest BCUT2D eigenvalue weighted by Gasteiger charge is 2.61. The molecule has 1 aromatic rings. The van der Waals surface area contributed by atoms with Crippen LogP contribution in [-0.4, -0.2) is 26.8 Å². The van der Waals surface area contributed by atoms with Gasteiger partial charge in [0.25, 0.3) is 0 Å². The highest BCUT2D eigenvalue weighted by molar-refractivity contribution is 6.05. The van der Waals surface area contributed by atoms with Gasteiger partial charge < -0.3 is 5.11 Å². The van der Waals surface area contributed by atoms with Crippen molar-refractivity contribution in [3.63, 3.8) is 0 Å². The van der Waals surface area contributed by atoms with Gasteiger partial charge in [0.2, 0.25) is 0 Å². The van der Waals surface area contributed by atoms with Crippen molar-refractivity contribution in [2.75, 3.05) is 0 Å². The summed E-state index contributed by atoms with van der Waals surface area (Å²) in [5.74, 6) is 2.95. The lowest BCUT2D eigenvalue weighted by Gasteiger charge is -2.59. The Bertz CT molecular complexity index is 826. The second kappa shape index (κ2) is 6.29. The van der Waals surface area contributed by atoms with E-state index in [0.29, 0.717) is 29.0 Å². The summed E-state index contributed by atoms with van der Waals surface area (Å²) in [7, 11) is 1.92. The highest BCUT2D eigenvalue weighted by Crippen LogP contribution is 2.66. The third-order valence-corrected chi connectivity index (χ3v) is 9.34. The number of carbonyl (C=O) groups is 1. The lowest BCUT2D eigenvalue weighted by Crippen LogP contribution is -2.54. The Balaban J connectivity index is 1.45. The van der Waals surface area contributed by atoms with Gasteiger partial charge in [0.1, 0.15) is 0 Å². The zero-order valence-corrected chi connectivity index (χ0v) is 17.5. The third-order valence-electron chi connectivity index (χ3n) is 9.34. The van der Waals surface area contributed by atoms with Crippen molar-refractivity contribution >= 4 is 11.9 Å². The van der Waals surface area contributed by atoms with E-state index in [2.05, 4.69) is 25.0 Å². The SMILES string of the molecule is Cn1cc(/C=C2\C[C@@H]3[C@H]4CC[C@H]5C[C@@H](O)CC[C@]5(C)[C@@H]4CC[C@@]3(C)C2=O)cn1. The summed E-state index contributed by atoms with van der Waals surface area (Å²) in [6, 6.07) is 0. The van der Waals surface area contributed by atoms with E-state index in [-0.39, 0.29) is 11.5 Å². The van der Waals surface area contributed by atoms with Gasteiger partial charge in [0.05, 0.1) is 12.3 Å². The van der Waals surface area contributed by atoms with Crippen LogP contribution in [0.15, 0.2) is 18.0 Å². The molecule has 4 aliphatic rings. The monoisotopic (exact) mass is 382 g/mol. The number of nitrogens with zero attached hydrogens (tertiary/aromatic N) is 2. The molecule has 0 aromatic carbocycles. The van der Waals surface area contributed by atoms with E-state index in [4.69, 9.17) is 0 Å². The van der Waals surface area contributed by atoms with E-state index in [1.807, 2.05) is 19.4 Å². The Hall–Kier alpha value is -1.42. The second-order valence-electron chi connectivity index (χ2n) is 10.7. The Morgan fingerprint density at radius 3 is 2.75 bits per heavy atom. The Morgan fingerprint density at radius 2 is 2.00 bits per heavy atom. The normalized spacial score (nSPS) is 46.9. The van der Waals surface area contributed by atoms with Crippen molar-refractivity contribution in [2.24, 2.45) is 41.5 Å². The molecule has 0 radical (unpaired) electrons. The highest BCUT2D eigenvalue weighted by atomic mass is 16.3. The minimum absolute atomic E-state index is 0.0921. The van der Waals surface area contributed by atoms with Crippen LogP contribution in [0.5, 0.6) is 0 Å². The van der Waals surface area contributed by atoms with Crippen LogP contribution in [0.1, 0.15) is 70.8 Å². The largest absolute Gasteiger partial charge is 0.393 e. The van der Waals surface area contributed by atoms with Gasteiger partial charge in [-0.05, 0) is 92.1 Å². The molecular weight excluding hydrogens is 348 g/mol. The summed E-state index contributed by atoms with van der Waals surface area (Å²) in [6.45, 7) is 4.76. The van der Waals surface area contributed by atoms with E-state index >= 15 is 0 Å². The number of hydrogen-bond acceptors (Lipinski definition) is 3. The molecule has 0 saturated heterocycles. The fraction of sp³-hybridized carbons (Fsp3) is 0.750. The first-order chi connectivity index (χ1) is 13.3. The Morgan fingerprint density at radius 1 is 1.18 bits per heavy atom. The number of aryl methyl sites for hydroxylation is 1. The van der Waals surface area contributed by atoms with E-state index < -0.39 is 0 Å². The zero-order chi connectivity index (χ0) is 19.7. The number of ketones is 1. The molecule has 0 spiro atoms. The molecule has 1 N–H and O–H groups in total. The maximum atomic E-state index is 13.4. The van der Waals surface area contributed by atoms with Crippen LogP contribution >= 0.6 is 0 Å². The van der Waals surface area contributed by atoms with Crippen LogP contribution < -0.4 is 0 Å². The standard InChI is InChI=1S/C24H34N2O2/c1-23-8-6-18(27)12-17(23)4-5-19-20(23)7-9-24(2)21(19)11-16(22(24)28)10-15-13-25-26(3)14-15/h10,13-14,17-21,27H,4-9,11-12H2,1-3H3/b16-10+/t17-,18-,19-,20+,21+,23-,24+/m0/s1. The Labute approximate surface area is 168 Å². The van der Waals surface area contributed by atoms with Crippen LogP contribution in [0, 0.1) is 34.5 Å². The van der Waals surface area contributed by atoms with Crippen molar-refractivity contribution in [3.8, 4) is 0 Å². The van der Waals surface area contributed by atoms with E-state index in [0.717, 1.165) is 49.2 Å². The molecule has 4 saturated carbocycles. The molecule has 0 aliphatic heterocycles. The number of rotatable bonds is 1. The molecule has 4 heteroatoms. The molecule has 4 aliphatic carbocycles. The van der Waals surface area contributed by atoms with Crippen molar-refractivity contribution < 1.29 is 9.90 Å². The minimum atomic E-state index is -0.174. The third kappa shape index (κ3) is 2.59. The second-order valence-corrected chi connectivity index (χ2v) is 10.7. The van der Waals surface area contributed by atoms with Gasteiger partial charge >= 0.3 is 0 Å². The fourth-order valence-electron chi connectivity index (χ4n) is 7.75. The first kappa shape index (κ1) is 18.6. The summed E-state index contributed by atoms with van der Waals surface area (Å²) >= 11 is 0. The van der Waals surface area contributed by atoms with Gasteiger partial charge in [-0.25, -0.2) is 0 Å². The Kier molecular flexibility index (Phi) is 4.18. The van der Waals surface area contributed by atoms with Gasteiger partial charge in [-0.2, -0.15) is 5.10 Å². The molecule has 28 heavy (non-hydrogen) atoms. The summed E-state index contributed by atoms with van der Waals surface area (Å²) in [5.41, 5.74) is 2.25. The summed E-state index contributed by atoms with van der Waals surface area (Å²) in [6.07, 6.45) is 14.6. The van der Waals surface area contributed by atoms with Gasteiger partial charge in [-0.15, -0.1) is 0 Å². The molecule has 4 nitrogen and oxygen atoms in total. The van der Waals surface area contributed by atoms with Crippen LogP contribution in [0.2, 0.25) is 0 Å². The number of allylic oxidation sites excluding steroid dienone is 1. The first-order valence-corrected chi connectivity index (χ1v) is 11.2. The van der Waals surface area contributed by atoms with Crippen molar-refractivity contribution in [1.29, 1.82) is 0 Å². The van der Waals surface area contributed by atoms with Gasteiger partial charge in [-0.3, -0.25) is 9.48 Å². The topological polar surface area (TPSA) is 55.1 Å². The van der Waals surface area contributed by atoms with Crippen LogP contribution in [0.3, 0.4) is 0 Å². The maximum Gasteiger partial charge on any atom is 0.165 e. The molecular formula is C24H34N2O2. The maximum absolute atomic E-state index is 13.4. The summed E-state index contributed by atoms with van der Waals surface area (Å²) in [4.78, 5) is 13.4. The van der Waals surface area contributed by atoms with E-state index in [1.165, 1.54) is 19.3 Å². The number of aliphatic hydroxyl groups is 1. The molecule has 4 fully saturated rings. The number of hydrogen-bond donors (Lipinski definition) is 1. The van der Waals surface area contributed by atoms with E-state index in [9.17, 15) is 9.90 Å². The minimum Gasteiger partial charge on any atom is -0.393 e. The van der Waals surface area contributed by atoms with Gasteiger partial charge in [-0.1, -0.05) is 13.8 Å². The molecule has 1 heterocycles. The van der Waals surface area contributed by atoms with Gasteiger partial charge in [0, 0.05) is 24.2 Å². The quantitative estimate of drug-likeness (QED) is 0.733. The van der Waals surface area contributed by atoms with Crippen LogP contribution in [-0.2, 0) is 11.8 Å². The molecule has 0 bridgehead atoms. The van der Waals surface area contributed by atoms with Crippen molar-refractivity contribution in [1.82, 2.24) is 9.78 Å². The number of Topliss-reactive ketones (excluding diaryl/α,β-unsaturated/α-hetero) is 1. The average Bonchev–Trinajstić information content (AvgIpc) is 3.18. The molecule has 0 unspecified atom stereocenters. The lowest BCUT2D eigenvalue weighted by atomic mass is 9.45. The smallest absolute Gasteiger partial charge is 0.165 e. The summed E-state index contributed by atoms with van der Waals surface area (Å²) < 4.78 is 1.80. The van der Waals surface area contributed by atoms with Crippen molar-refractivity contribution in [2.45, 2.75) is 71.3 Å². The molecule has 1 aromatic heterocycles. The molecule has 0 amide bonds. The lowest BCUT2D eigenvalue weighted by molar-refractivity contribution is -0.141. The first-order valence-electron chi connectivity index (χ1n) is 11.2.